The number of aryl methyl sites for hydroxylation is 1. The van der Waals surface area contributed by atoms with Gasteiger partial charge in [-0.25, -0.2) is 0 Å². The van der Waals surface area contributed by atoms with Gasteiger partial charge in [0.25, 0.3) is 5.91 Å². The molecule has 142 valence electrons. The quantitative estimate of drug-likeness (QED) is 0.628. The molecule has 1 aromatic rings. The first-order chi connectivity index (χ1) is 12.6. The summed E-state index contributed by atoms with van der Waals surface area (Å²) in [5.74, 6) is -2.04. The van der Waals surface area contributed by atoms with E-state index in [1.165, 1.54) is 11.3 Å². The predicted octanol–water partition coefficient (Wildman–Crippen LogP) is 0.113. The Balaban J connectivity index is 1.56. The highest BCUT2D eigenvalue weighted by molar-refractivity contribution is 7.17. The maximum absolute atomic E-state index is 12.2. The molecule has 2 heterocycles. The Hall–Kier alpha value is -1.97. The molecule has 0 radical (unpaired) electrons. The molecular weight excluding hydrogens is 356 g/mol. The van der Waals surface area contributed by atoms with Gasteiger partial charge >= 0.3 is 11.8 Å². The molecule has 1 aliphatic heterocycles. The summed E-state index contributed by atoms with van der Waals surface area (Å²) in [5, 5.41) is 5.57. The lowest BCUT2D eigenvalue weighted by Crippen LogP contribution is -2.43. The minimum atomic E-state index is -0.770. The second-order valence-corrected chi connectivity index (χ2v) is 7.55. The number of fused-ring (bicyclic) bond motifs is 1. The molecule has 1 aliphatic carbocycles. The zero-order chi connectivity index (χ0) is 18.5. The van der Waals surface area contributed by atoms with Gasteiger partial charge in [0.2, 0.25) is 0 Å². The van der Waals surface area contributed by atoms with Crippen LogP contribution in [0.15, 0.2) is 0 Å². The van der Waals surface area contributed by atoms with Crippen LogP contribution < -0.4 is 16.4 Å². The number of nitrogens with two attached hydrogens (primary N) is 1. The van der Waals surface area contributed by atoms with Gasteiger partial charge in [-0.3, -0.25) is 19.3 Å². The van der Waals surface area contributed by atoms with Crippen LogP contribution in [0.3, 0.4) is 0 Å². The van der Waals surface area contributed by atoms with E-state index in [0.717, 1.165) is 49.2 Å². The number of rotatable bonds is 5. The van der Waals surface area contributed by atoms with Gasteiger partial charge in [-0.15, -0.1) is 11.3 Å². The summed E-state index contributed by atoms with van der Waals surface area (Å²) in [4.78, 5) is 39.3. The van der Waals surface area contributed by atoms with Crippen molar-refractivity contribution >= 4 is 34.1 Å². The third-order valence-corrected chi connectivity index (χ3v) is 5.88. The molecule has 0 saturated carbocycles. The van der Waals surface area contributed by atoms with Crippen LogP contribution in [0, 0.1) is 0 Å². The number of anilines is 1. The molecule has 3 amide bonds. The van der Waals surface area contributed by atoms with Crippen molar-refractivity contribution in [2.75, 3.05) is 44.7 Å². The lowest BCUT2D eigenvalue weighted by atomic mass is 9.95. The monoisotopic (exact) mass is 380 g/mol. The number of carbonyl (C=O) groups is 3. The average Bonchev–Trinajstić information content (AvgIpc) is 3.00. The molecule has 0 bridgehead atoms. The van der Waals surface area contributed by atoms with E-state index in [2.05, 4.69) is 15.5 Å². The van der Waals surface area contributed by atoms with Crippen molar-refractivity contribution in [2.45, 2.75) is 25.7 Å². The number of morpholine rings is 1. The minimum Gasteiger partial charge on any atom is -0.379 e. The van der Waals surface area contributed by atoms with Crippen LogP contribution in [0.5, 0.6) is 0 Å². The number of hydrogen-bond donors (Lipinski definition) is 3. The molecule has 4 N–H and O–H groups in total. The average molecular weight is 380 g/mol. The zero-order valence-corrected chi connectivity index (χ0v) is 15.5. The molecule has 9 heteroatoms. The van der Waals surface area contributed by atoms with Gasteiger partial charge in [0.05, 0.1) is 18.8 Å². The molecule has 26 heavy (non-hydrogen) atoms. The SMILES string of the molecule is NC(=O)c1c(NC(=O)C(=O)NCCN2CCOCC2)sc2c1CCCC2. The van der Waals surface area contributed by atoms with Crippen molar-refractivity contribution in [1.82, 2.24) is 10.2 Å². The molecule has 0 aromatic carbocycles. The van der Waals surface area contributed by atoms with Gasteiger partial charge in [0.15, 0.2) is 0 Å². The molecule has 1 saturated heterocycles. The van der Waals surface area contributed by atoms with Gasteiger partial charge < -0.3 is 21.1 Å². The summed E-state index contributed by atoms with van der Waals surface area (Å²) in [5.41, 5.74) is 6.79. The molecule has 2 aliphatic rings. The lowest BCUT2D eigenvalue weighted by Gasteiger charge is -2.26. The maximum atomic E-state index is 12.2. The second-order valence-electron chi connectivity index (χ2n) is 6.44. The first kappa shape index (κ1) is 18.8. The number of hydrogen-bond acceptors (Lipinski definition) is 6. The van der Waals surface area contributed by atoms with E-state index in [0.29, 0.717) is 36.9 Å². The summed E-state index contributed by atoms with van der Waals surface area (Å²) in [7, 11) is 0. The smallest absolute Gasteiger partial charge is 0.314 e. The van der Waals surface area contributed by atoms with Crippen LogP contribution in [-0.2, 0) is 27.2 Å². The Morgan fingerprint density at radius 2 is 1.85 bits per heavy atom. The molecule has 0 atom stereocenters. The van der Waals surface area contributed by atoms with Crippen LogP contribution in [0.4, 0.5) is 5.00 Å². The molecule has 0 unspecified atom stereocenters. The predicted molar refractivity (Wildman–Crippen MR) is 98.4 cm³/mol. The van der Waals surface area contributed by atoms with Crippen molar-refractivity contribution in [2.24, 2.45) is 5.73 Å². The number of nitrogens with zero attached hydrogens (tertiary/aromatic N) is 1. The van der Waals surface area contributed by atoms with E-state index >= 15 is 0 Å². The van der Waals surface area contributed by atoms with Gasteiger partial charge in [-0.2, -0.15) is 0 Å². The fraction of sp³-hybridized carbons (Fsp3) is 0.588. The summed E-state index contributed by atoms with van der Waals surface area (Å²) < 4.78 is 5.27. The highest BCUT2D eigenvalue weighted by Gasteiger charge is 2.26. The number of nitrogens with one attached hydrogen (secondary N) is 2. The topological polar surface area (TPSA) is 114 Å². The lowest BCUT2D eigenvalue weighted by molar-refractivity contribution is -0.136. The standard InChI is InChI=1S/C17H24N4O4S/c18-14(22)13-11-3-1-2-4-12(11)26-17(13)20-16(24)15(23)19-5-6-21-7-9-25-10-8-21/h1-10H2,(H2,18,22)(H,19,23)(H,20,24). The molecule has 3 rings (SSSR count). The molecule has 1 fully saturated rings. The third kappa shape index (κ3) is 4.40. The molecule has 1 aromatic heterocycles. The van der Waals surface area contributed by atoms with E-state index in [1.807, 2.05) is 0 Å². The molecular formula is C17H24N4O4S. The highest BCUT2D eigenvalue weighted by Crippen LogP contribution is 2.37. The molecule has 0 spiro atoms. The zero-order valence-electron chi connectivity index (χ0n) is 14.6. The van der Waals surface area contributed by atoms with E-state index in [4.69, 9.17) is 10.5 Å². The van der Waals surface area contributed by atoms with Crippen molar-refractivity contribution < 1.29 is 19.1 Å². The van der Waals surface area contributed by atoms with Crippen molar-refractivity contribution in [1.29, 1.82) is 0 Å². The first-order valence-electron chi connectivity index (χ1n) is 8.90. The van der Waals surface area contributed by atoms with Crippen LogP contribution in [0.2, 0.25) is 0 Å². The second kappa shape index (κ2) is 8.61. The number of amides is 3. The fourth-order valence-corrected chi connectivity index (χ4v) is 4.60. The van der Waals surface area contributed by atoms with Crippen molar-refractivity contribution in [3.63, 3.8) is 0 Å². The Morgan fingerprint density at radius 1 is 1.12 bits per heavy atom. The molecule has 8 nitrogen and oxygen atoms in total. The summed E-state index contributed by atoms with van der Waals surface area (Å²) in [6, 6.07) is 0. The van der Waals surface area contributed by atoms with Crippen molar-refractivity contribution in [3.8, 4) is 0 Å². The summed E-state index contributed by atoms with van der Waals surface area (Å²) in [6.07, 6.45) is 3.72. The van der Waals surface area contributed by atoms with Crippen LogP contribution in [-0.4, -0.2) is 62.0 Å². The van der Waals surface area contributed by atoms with Crippen molar-refractivity contribution in [3.05, 3.63) is 16.0 Å². The number of thiophene rings is 1. The highest BCUT2D eigenvalue weighted by atomic mass is 32.1. The summed E-state index contributed by atoms with van der Waals surface area (Å²) >= 11 is 1.35. The Bertz CT molecular complexity index is 697. The normalized spacial score (nSPS) is 17.4. The van der Waals surface area contributed by atoms with E-state index in [-0.39, 0.29) is 0 Å². The fourth-order valence-electron chi connectivity index (χ4n) is 3.31. The summed E-state index contributed by atoms with van der Waals surface area (Å²) in [6.45, 7) is 4.08. The largest absolute Gasteiger partial charge is 0.379 e. The van der Waals surface area contributed by atoms with Crippen LogP contribution in [0.25, 0.3) is 0 Å². The Morgan fingerprint density at radius 3 is 2.58 bits per heavy atom. The maximum Gasteiger partial charge on any atom is 0.314 e. The van der Waals surface area contributed by atoms with Gasteiger partial charge in [0, 0.05) is 31.1 Å². The van der Waals surface area contributed by atoms with Gasteiger partial charge in [-0.1, -0.05) is 0 Å². The van der Waals surface area contributed by atoms with E-state index in [1.54, 1.807) is 0 Å². The third-order valence-electron chi connectivity index (χ3n) is 4.67. The van der Waals surface area contributed by atoms with Crippen LogP contribution in [0.1, 0.15) is 33.6 Å². The van der Waals surface area contributed by atoms with E-state index in [9.17, 15) is 14.4 Å². The minimum absolute atomic E-state index is 0.360. The number of ether oxygens (including phenoxy) is 1. The van der Waals surface area contributed by atoms with Gasteiger partial charge in [-0.05, 0) is 31.2 Å². The number of primary amides is 1. The number of carbonyl (C=O) groups excluding carboxylic acids is 3. The first-order valence-corrected chi connectivity index (χ1v) is 9.71. The van der Waals surface area contributed by atoms with Gasteiger partial charge in [0.1, 0.15) is 5.00 Å². The van der Waals surface area contributed by atoms with E-state index < -0.39 is 17.7 Å². The Kier molecular flexibility index (Phi) is 6.23. The van der Waals surface area contributed by atoms with Crippen LogP contribution >= 0.6 is 11.3 Å². The Labute approximate surface area is 156 Å².